The summed E-state index contributed by atoms with van der Waals surface area (Å²) in [4.78, 5) is 21.5. The van der Waals surface area contributed by atoms with Crippen LogP contribution in [0.25, 0.3) is 10.9 Å². The number of aryl methyl sites for hydroxylation is 1. The highest BCUT2D eigenvalue weighted by atomic mass is 16.5. The van der Waals surface area contributed by atoms with Gasteiger partial charge in [-0.2, -0.15) is 0 Å². The molecule has 0 saturated carbocycles. The predicted molar refractivity (Wildman–Crippen MR) is 115 cm³/mol. The molecule has 4 aromatic rings. The van der Waals surface area contributed by atoms with Crippen molar-refractivity contribution in [3.8, 4) is 11.5 Å². The molecule has 0 aliphatic carbocycles. The summed E-state index contributed by atoms with van der Waals surface area (Å²) in [5, 5.41) is 6.78. The SMILES string of the molecule is CNc1cc(C(=O)Nc2ccc(Oc3cccnc3)c(C)c2)c2ccccc2n1. The number of hydrogen-bond donors (Lipinski definition) is 2. The zero-order valence-electron chi connectivity index (χ0n) is 16.1. The van der Waals surface area contributed by atoms with Crippen molar-refractivity contribution in [1.82, 2.24) is 9.97 Å². The topological polar surface area (TPSA) is 76.1 Å². The molecule has 2 heterocycles. The van der Waals surface area contributed by atoms with Crippen LogP contribution in [0.3, 0.4) is 0 Å². The van der Waals surface area contributed by atoms with Crippen LogP contribution in [-0.4, -0.2) is 22.9 Å². The lowest BCUT2D eigenvalue weighted by Gasteiger charge is -2.12. The van der Waals surface area contributed by atoms with Gasteiger partial charge in [0.1, 0.15) is 17.3 Å². The van der Waals surface area contributed by atoms with E-state index in [0.717, 1.165) is 16.5 Å². The number of para-hydroxylation sites is 1. The van der Waals surface area contributed by atoms with E-state index < -0.39 is 0 Å². The number of nitrogens with zero attached hydrogens (tertiary/aromatic N) is 2. The van der Waals surface area contributed by atoms with Gasteiger partial charge in [-0.1, -0.05) is 18.2 Å². The molecule has 0 aliphatic heterocycles. The van der Waals surface area contributed by atoms with E-state index in [9.17, 15) is 4.79 Å². The number of fused-ring (bicyclic) bond motifs is 1. The molecule has 0 fully saturated rings. The number of aromatic nitrogens is 2. The molecular formula is C23H20N4O2. The third kappa shape index (κ3) is 4.01. The Morgan fingerprint density at radius 1 is 1.03 bits per heavy atom. The van der Waals surface area contributed by atoms with Crippen molar-refractivity contribution in [2.45, 2.75) is 6.92 Å². The summed E-state index contributed by atoms with van der Waals surface area (Å²) in [6.07, 6.45) is 3.35. The van der Waals surface area contributed by atoms with E-state index in [2.05, 4.69) is 20.6 Å². The summed E-state index contributed by atoms with van der Waals surface area (Å²) in [6.45, 7) is 1.93. The highest BCUT2D eigenvalue weighted by molar-refractivity contribution is 6.13. The van der Waals surface area contributed by atoms with Gasteiger partial charge in [-0.25, -0.2) is 4.98 Å². The highest BCUT2D eigenvalue weighted by Gasteiger charge is 2.14. The van der Waals surface area contributed by atoms with Gasteiger partial charge in [0.15, 0.2) is 0 Å². The lowest BCUT2D eigenvalue weighted by atomic mass is 10.1. The van der Waals surface area contributed by atoms with Crippen molar-refractivity contribution in [3.05, 3.63) is 84.2 Å². The molecule has 0 aliphatic rings. The van der Waals surface area contributed by atoms with Gasteiger partial charge >= 0.3 is 0 Å². The molecular weight excluding hydrogens is 364 g/mol. The molecule has 2 aromatic heterocycles. The Bertz CT molecular complexity index is 1180. The van der Waals surface area contributed by atoms with Crippen LogP contribution >= 0.6 is 0 Å². The second kappa shape index (κ2) is 7.98. The average Bonchev–Trinajstić information content (AvgIpc) is 2.75. The first kappa shape index (κ1) is 18.4. The zero-order valence-corrected chi connectivity index (χ0v) is 16.1. The average molecular weight is 384 g/mol. The minimum Gasteiger partial charge on any atom is -0.455 e. The van der Waals surface area contributed by atoms with E-state index in [1.165, 1.54) is 0 Å². The number of carbonyl (C=O) groups is 1. The number of anilines is 2. The van der Waals surface area contributed by atoms with E-state index in [0.29, 0.717) is 28.6 Å². The summed E-state index contributed by atoms with van der Waals surface area (Å²) in [7, 11) is 1.78. The molecule has 0 spiro atoms. The van der Waals surface area contributed by atoms with E-state index in [4.69, 9.17) is 4.74 Å². The van der Waals surface area contributed by atoms with Gasteiger partial charge in [0.2, 0.25) is 0 Å². The second-order valence-electron chi connectivity index (χ2n) is 6.55. The third-order valence-electron chi connectivity index (χ3n) is 4.51. The maximum atomic E-state index is 13.0. The van der Waals surface area contributed by atoms with Crippen LogP contribution < -0.4 is 15.4 Å². The van der Waals surface area contributed by atoms with Crippen molar-refractivity contribution >= 4 is 28.3 Å². The van der Waals surface area contributed by atoms with E-state index in [1.54, 1.807) is 25.5 Å². The van der Waals surface area contributed by atoms with Gasteiger partial charge in [-0.05, 0) is 55.0 Å². The molecule has 6 heteroatoms. The molecule has 6 nitrogen and oxygen atoms in total. The minimum absolute atomic E-state index is 0.194. The van der Waals surface area contributed by atoms with Gasteiger partial charge < -0.3 is 15.4 Å². The maximum absolute atomic E-state index is 13.0. The zero-order chi connectivity index (χ0) is 20.2. The fraction of sp³-hybridized carbons (Fsp3) is 0.0870. The van der Waals surface area contributed by atoms with Crippen molar-refractivity contribution < 1.29 is 9.53 Å². The number of ether oxygens (including phenoxy) is 1. The normalized spacial score (nSPS) is 10.6. The molecule has 0 radical (unpaired) electrons. The van der Waals surface area contributed by atoms with Crippen molar-refractivity contribution in [2.75, 3.05) is 17.7 Å². The number of rotatable bonds is 5. The van der Waals surface area contributed by atoms with Crippen molar-refractivity contribution in [2.24, 2.45) is 0 Å². The molecule has 4 rings (SSSR count). The van der Waals surface area contributed by atoms with E-state index >= 15 is 0 Å². The molecule has 2 N–H and O–H groups in total. The van der Waals surface area contributed by atoms with Crippen LogP contribution in [-0.2, 0) is 0 Å². The minimum atomic E-state index is -0.194. The number of carbonyl (C=O) groups excluding carboxylic acids is 1. The smallest absolute Gasteiger partial charge is 0.256 e. The number of benzene rings is 2. The molecule has 0 atom stereocenters. The predicted octanol–water partition coefficient (Wildman–Crippen LogP) is 5.02. The van der Waals surface area contributed by atoms with Gasteiger partial charge in [0.05, 0.1) is 17.3 Å². The van der Waals surface area contributed by atoms with Crippen LogP contribution in [0.5, 0.6) is 11.5 Å². The maximum Gasteiger partial charge on any atom is 0.256 e. The molecule has 2 aromatic carbocycles. The Kier molecular flexibility index (Phi) is 5.07. The molecule has 0 bridgehead atoms. The first-order valence-electron chi connectivity index (χ1n) is 9.21. The van der Waals surface area contributed by atoms with Crippen molar-refractivity contribution in [3.63, 3.8) is 0 Å². The Morgan fingerprint density at radius 3 is 2.66 bits per heavy atom. The van der Waals surface area contributed by atoms with Crippen molar-refractivity contribution in [1.29, 1.82) is 0 Å². The van der Waals surface area contributed by atoms with Gasteiger partial charge in [0.25, 0.3) is 5.91 Å². The summed E-state index contributed by atoms with van der Waals surface area (Å²) < 4.78 is 5.85. The quantitative estimate of drug-likeness (QED) is 0.505. The fourth-order valence-corrected chi connectivity index (χ4v) is 3.07. The molecule has 0 unspecified atom stereocenters. The number of hydrogen-bond acceptors (Lipinski definition) is 5. The second-order valence-corrected chi connectivity index (χ2v) is 6.55. The summed E-state index contributed by atoms with van der Waals surface area (Å²) in [5.41, 5.74) is 2.93. The lowest BCUT2D eigenvalue weighted by molar-refractivity contribution is 0.102. The first-order valence-corrected chi connectivity index (χ1v) is 9.21. The Labute approximate surface area is 168 Å². The number of pyridine rings is 2. The summed E-state index contributed by atoms with van der Waals surface area (Å²) in [5.74, 6) is 1.82. The highest BCUT2D eigenvalue weighted by Crippen LogP contribution is 2.28. The van der Waals surface area contributed by atoms with Crippen LogP contribution in [0.4, 0.5) is 11.5 Å². The standard InChI is InChI=1S/C23H20N4O2/c1-15-12-16(9-10-21(15)29-17-6-5-11-25-14-17)26-23(28)19-13-22(24-2)27-20-8-4-3-7-18(19)20/h3-14H,1-2H3,(H,24,27)(H,26,28). The summed E-state index contributed by atoms with van der Waals surface area (Å²) in [6, 6.07) is 18.5. The van der Waals surface area contributed by atoms with Gasteiger partial charge in [-0.3, -0.25) is 9.78 Å². The Balaban J connectivity index is 1.59. The molecule has 0 saturated heterocycles. The largest absolute Gasteiger partial charge is 0.455 e. The summed E-state index contributed by atoms with van der Waals surface area (Å²) >= 11 is 0. The first-order chi connectivity index (χ1) is 14.1. The third-order valence-corrected chi connectivity index (χ3v) is 4.51. The van der Waals surface area contributed by atoms with Gasteiger partial charge in [-0.15, -0.1) is 0 Å². The monoisotopic (exact) mass is 384 g/mol. The van der Waals surface area contributed by atoms with Crippen LogP contribution in [0.1, 0.15) is 15.9 Å². The number of nitrogens with one attached hydrogen (secondary N) is 2. The van der Waals surface area contributed by atoms with E-state index in [1.807, 2.05) is 61.5 Å². The Morgan fingerprint density at radius 2 is 1.90 bits per heavy atom. The molecule has 144 valence electrons. The van der Waals surface area contributed by atoms with Crippen LogP contribution in [0.15, 0.2) is 73.1 Å². The fourth-order valence-electron chi connectivity index (χ4n) is 3.07. The Hall–Kier alpha value is -3.93. The van der Waals surface area contributed by atoms with E-state index in [-0.39, 0.29) is 5.91 Å². The van der Waals surface area contributed by atoms with Crippen LogP contribution in [0.2, 0.25) is 0 Å². The molecule has 1 amide bonds. The van der Waals surface area contributed by atoms with Crippen LogP contribution in [0, 0.1) is 6.92 Å². The lowest BCUT2D eigenvalue weighted by Crippen LogP contribution is -2.13. The van der Waals surface area contributed by atoms with Gasteiger partial charge in [0, 0.05) is 24.3 Å². The molecule has 29 heavy (non-hydrogen) atoms. The number of amides is 1.